The van der Waals surface area contributed by atoms with Gasteiger partial charge in [0.05, 0.1) is 23.9 Å². The molecule has 1 amide bonds. The average molecular weight is 568 g/mol. The van der Waals surface area contributed by atoms with Crippen molar-refractivity contribution in [1.82, 2.24) is 24.7 Å². The van der Waals surface area contributed by atoms with Gasteiger partial charge in [0.1, 0.15) is 29.4 Å². The Morgan fingerprint density at radius 3 is 2.66 bits per heavy atom. The van der Waals surface area contributed by atoms with Crippen LogP contribution in [-0.4, -0.2) is 55.7 Å². The second-order valence-electron chi connectivity index (χ2n) is 10.8. The third-order valence-corrected chi connectivity index (χ3v) is 7.87. The smallest absolute Gasteiger partial charge is 0.359 e. The normalized spacial score (nSPS) is 20.2. The topological polar surface area (TPSA) is 106 Å². The summed E-state index contributed by atoms with van der Waals surface area (Å²) in [4.78, 5) is 39.8. The van der Waals surface area contributed by atoms with Crippen molar-refractivity contribution >= 4 is 34.9 Å². The minimum absolute atomic E-state index is 0.00601. The number of aromatic nitrogens is 5. The summed E-state index contributed by atoms with van der Waals surface area (Å²) in [6, 6.07) is 8.91. The van der Waals surface area contributed by atoms with Crippen LogP contribution in [0.5, 0.6) is 0 Å². The Balaban J connectivity index is 1.53. The summed E-state index contributed by atoms with van der Waals surface area (Å²) in [7, 11) is 0. The number of pyridine rings is 1. The summed E-state index contributed by atoms with van der Waals surface area (Å²) in [5.74, 6) is -2.38. The van der Waals surface area contributed by atoms with E-state index in [0.29, 0.717) is 28.4 Å². The van der Waals surface area contributed by atoms with Crippen molar-refractivity contribution in [2.75, 3.05) is 16.8 Å². The van der Waals surface area contributed by atoms with E-state index in [9.17, 15) is 27.2 Å². The molecule has 3 aromatic heterocycles. The third-order valence-electron chi connectivity index (χ3n) is 7.87. The molecule has 5 heterocycles. The van der Waals surface area contributed by atoms with Crippen molar-refractivity contribution in [3.05, 3.63) is 59.5 Å². The number of rotatable bonds is 5. The number of benzene rings is 1. The van der Waals surface area contributed by atoms with Gasteiger partial charge in [-0.15, -0.1) is 0 Å². The number of nitrogens with zero attached hydrogens (tertiary/aromatic N) is 6. The zero-order chi connectivity index (χ0) is 29.1. The van der Waals surface area contributed by atoms with Gasteiger partial charge in [0, 0.05) is 35.7 Å². The van der Waals surface area contributed by atoms with E-state index in [2.05, 4.69) is 25.4 Å². The van der Waals surface area contributed by atoms with Crippen LogP contribution >= 0.6 is 0 Å². The predicted molar refractivity (Wildman–Crippen MR) is 142 cm³/mol. The molecular weight excluding hydrogens is 542 g/mol. The number of hydrogen-bond acceptors (Lipinski definition) is 7. The second-order valence-corrected chi connectivity index (χ2v) is 10.8. The van der Waals surface area contributed by atoms with Crippen molar-refractivity contribution < 1.29 is 27.2 Å². The molecule has 6 rings (SSSR count). The van der Waals surface area contributed by atoms with Gasteiger partial charge in [-0.05, 0) is 24.6 Å². The van der Waals surface area contributed by atoms with Crippen molar-refractivity contribution in [3.63, 3.8) is 0 Å². The molecule has 9 nitrogen and oxygen atoms in total. The van der Waals surface area contributed by atoms with Gasteiger partial charge in [-0.25, -0.2) is 24.0 Å². The molecule has 0 saturated carbocycles. The van der Waals surface area contributed by atoms with Gasteiger partial charge in [-0.1, -0.05) is 32.0 Å². The lowest BCUT2D eigenvalue weighted by molar-refractivity contribution is -0.177. The van der Waals surface area contributed by atoms with Gasteiger partial charge < -0.3 is 10.1 Å². The fourth-order valence-electron chi connectivity index (χ4n) is 5.53. The van der Waals surface area contributed by atoms with Crippen LogP contribution in [0.3, 0.4) is 0 Å². The average Bonchev–Trinajstić information content (AvgIpc) is 3.43. The van der Waals surface area contributed by atoms with Crippen molar-refractivity contribution in [3.8, 4) is 11.5 Å². The molecule has 2 unspecified atom stereocenters. The first kappa shape index (κ1) is 26.8. The minimum atomic E-state index is -4.50. The van der Waals surface area contributed by atoms with Gasteiger partial charge >= 0.3 is 6.18 Å². The Bertz CT molecular complexity index is 1680. The standard InChI is InChI=1S/C28H25F4N7O2/c1-27(2)19(14-40)34-23-21(27)26(38-13-16(28(30,31)32)9-10-20(38)41)36-24(35-23)22-17-7-5-11-33-25(17)39(37-22)12-15-6-3-4-8-18(15)29/h3-8,11,14,16,19H,9-10,12-13H2,1-2H3,(H,34,35,36). The van der Waals surface area contributed by atoms with Crippen molar-refractivity contribution in [2.24, 2.45) is 5.92 Å². The van der Waals surface area contributed by atoms with E-state index in [1.54, 1.807) is 50.4 Å². The number of amides is 1. The lowest BCUT2D eigenvalue weighted by Gasteiger charge is -2.35. The molecular formula is C28H25F4N7O2. The Morgan fingerprint density at radius 1 is 1.15 bits per heavy atom. The molecule has 2 atom stereocenters. The van der Waals surface area contributed by atoms with E-state index in [0.717, 1.165) is 4.90 Å². The Morgan fingerprint density at radius 2 is 1.93 bits per heavy atom. The van der Waals surface area contributed by atoms with Crippen LogP contribution in [0.25, 0.3) is 22.6 Å². The van der Waals surface area contributed by atoms with Crippen LogP contribution in [0.4, 0.5) is 29.2 Å². The van der Waals surface area contributed by atoms with E-state index < -0.39 is 41.8 Å². The third kappa shape index (κ3) is 4.49. The van der Waals surface area contributed by atoms with Crippen LogP contribution in [0.2, 0.25) is 0 Å². The number of halogens is 4. The Kier molecular flexibility index (Phi) is 6.27. The van der Waals surface area contributed by atoms with Gasteiger partial charge in [0.15, 0.2) is 11.5 Å². The summed E-state index contributed by atoms with van der Waals surface area (Å²) in [5.41, 5.74) is 0.493. The Labute approximate surface area is 231 Å². The first-order valence-electron chi connectivity index (χ1n) is 13.1. The van der Waals surface area contributed by atoms with Gasteiger partial charge in [-0.3, -0.25) is 9.69 Å². The maximum absolute atomic E-state index is 14.5. The fraction of sp³-hybridized carbons (Fsp3) is 0.357. The summed E-state index contributed by atoms with van der Waals surface area (Å²) in [6.07, 6.45) is -2.85. The highest BCUT2D eigenvalue weighted by Gasteiger charge is 2.48. The lowest BCUT2D eigenvalue weighted by atomic mass is 9.81. The van der Waals surface area contributed by atoms with Crippen LogP contribution < -0.4 is 10.2 Å². The molecule has 2 aliphatic heterocycles. The van der Waals surface area contributed by atoms with Crippen LogP contribution in [0, 0.1) is 11.7 Å². The summed E-state index contributed by atoms with van der Waals surface area (Å²) in [6.45, 7) is 2.94. The number of aldehydes is 1. The molecule has 0 bridgehead atoms. The van der Waals surface area contributed by atoms with E-state index in [1.165, 1.54) is 10.7 Å². The SMILES string of the molecule is CC1(C)c2c(nc(-c3nn(Cc4ccccc4F)c4ncccc34)nc2N2CC(C(F)(F)F)CCC2=O)NC1C=O. The van der Waals surface area contributed by atoms with Crippen molar-refractivity contribution in [2.45, 2.75) is 50.9 Å². The fourth-order valence-corrected chi connectivity index (χ4v) is 5.53. The number of carbonyl (C=O) groups excluding carboxylic acids is 2. The highest BCUT2D eigenvalue weighted by Crippen LogP contribution is 2.46. The largest absolute Gasteiger partial charge is 0.393 e. The van der Waals surface area contributed by atoms with Crippen LogP contribution in [0.1, 0.15) is 37.8 Å². The zero-order valence-electron chi connectivity index (χ0n) is 22.1. The number of alkyl halides is 3. The van der Waals surface area contributed by atoms with Gasteiger partial charge in [0.25, 0.3) is 0 Å². The number of piperidine rings is 1. The van der Waals surface area contributed by atoms with E-state index in [-0.39, 0.29) is 42.5 Å². The molecule has 1 N–H and O–H groups in total. The van der Waals surface area contributed by atoms with Crippen LogP contribution in [0.15, 0.2) is 42.6 Å². The molecule has 0 radical (unpaired) electrons. The van der Waals surface area contributed by atoms with Gasteiger partial charge in [-0.2, -0.15) is 18.3 Å². The zero-order valence-corrected chi connectivity index (χ0v) is 22.1. The van der Waals surface area contributed by atoms with E-state index >= 15 is 0 Å². The number of hydrogen-bond donors (Lipinski definition) is 1. The first-order valence-corrected chi connectivity index (χ1v) is 13.1. The van der Waals surface area contributed by atoms with E-state index in [1.807, 2.05) is 0 Å². The molecule has 41 heavy (non-hydrogen) atoms. The molecule has 4 aromatic rings. The lowest BCUT2D eigenvalue weighted by Crippen LogP contribution is -2.46. The quantitative estimate of drug-likeness (QED) is 0.276. The molecule has 1 aromatic carbocycles. The molecule has 2 aliphatic rings. The van der Waals surface area contributed by atoms with Crippen molar-refractivity contribution in [1.29, 1.82) is 0 Å². The summed E-state index contributed by atoms with van der Waals surface area (Å²) in [5, 5.41) is 8.21. The van der Waals surface area contributed by atoms with Gasteiger partial charge in [0.2, 0.25) is 5.91 Å². The first-order chi connectivity index (χ1) is 19.5. The maximum Gasteiger partial charge on any atom is 0.393 e. The molecule has 1 fully saturated rings. The Hall–Kier alpha value is -4.42. The molecule has 1 saturated heterocycles. The number of nitrogens with one attached hydrogen (secondary N) is 1. The molecule has 0 aliphatic carbocycles. The molecule has 13 heteroatoms. The molecule has 0 spiro atoms. The number of carbonyl (C=O) groups is 2. The summed E-state index contributed by atoms with van der Waals surface area (Å²) < 4.78 is 57.2. The van der Waals surface area contributed by atoms with E-state index in [4.69, 9.17) is 0 Å². The monoisotopic (exact) mass is 567 g/mol. The molecule has 212 valence electrons. The number of anilines is 2. The summed E-state index contributed by atoms with van der Waals surface area (Å²) >= 11 is 0. The second kappa shape index (κ2) is 9.60. The predicted octanol–water partition coefficient (Wildman–Crippen LogP) is 4.65. The minimum Gasteiger partial charge on any atom is -0.359 e. The highest BCUT2D eigenvalue weighted by molar-refractivity contribution is 5.97. The van der Waals surface area contributed by atoms with Crippen LogP contribution in [-0.2, 0) is 21.5 Å². The number of fused-ring (bicyclic) bond motifs is 2. The highest BCUT2D eigenvalue weighted by atomic mass is 19.4. The maximum atomic E-state index is 14.5.